The molecule has 1 aromatic carbocycles. The minimum Gasteiger partial charge on any atom is -0.355 e. The minimum absolute atomic E-state index is 0.167. The molecule has 31 heavy (non-hydrogen) atoms. The molecule has 0 unspecified atom stereocenters. The van der Waals surface area contributed by atoms with Crippen molar-refractivity contribution in [3.63, 3.8) is 0 Å². The molecule has 0 aliphatic carbocycles. The van der Waals surface area contributed by atoms with Crippen molar-refractivity contribution < 1.29 is 4.79 Å². The van der Waals surface area contributed by atoms with Gasteiger partial charge in [-0.1, -0.05) is 18.2 Å². The molecule has 1 aliphatic heterocycles. The highest BCUT2D eigenvalue weighted by atomic mass is 16.1. The zero-order valence-electron chi connectivity index (χ0n) is 17.2. The number of H-pyrrole nitrogens is 1. The highest BCUT2D eigenvalue weighted by Gasteiger charge is 2.28. The molecular weight excluding hydrogens is 390 g/mol. The lowest BCUT2D eigenvalue weighted by atomic mass is 10.2. The van der Waals surface area contributed by atoms with Gasteiger partial charge in [-0.15, -0.1) is 0 Å². The predicted octanol–water partition coefficient (Wildman–Crippen LogP) is 3.32. The highest BCUT2D eigenvalue weighted by Crippen LogP contribution is 2.28. The molecule has 0 spiro atoms. The molecule has 156 valence electrons. The summed E-state index contributed by atoms with van der Waals surface area (Å²) in [6, 6.07) is 15.4. The summed E-state index contributed by atoms with van der Waals surface area (Å²) in [6.45, 7) is 1.77. The number of hydrogen-bond donors (Lipinski definition) is 2. The summed E-state index contributed by atoms with van der Waals surface area (Å²) < 4.78 is 0. The zero-order chi connectivity index (χ0) is 21.2. The van der Waals surface area contributed by atoms with Crippen molar-refractivity contribution in [1.82, 2.24) is 19.9 Å². The average molecular weight is 413 g/mol. The van der Waals surface area contributed by atoms with E-state index in [1.54, 1.807) is 12.5 Å². The molecule has 2 N–H and O–H groups in total. The van der Waals surface area contributed by atoms with Crippen LogP contribution >= 0.6 is 0 Å². The summed E-state index contributed by atoms with van der Waals surface area (Å²) in [5.41, 5.74) is 2.15. The second-order valence-corrected chi connectivity index (χ2v) is 7.66. The Morgan fingerprint density at radius 2 is 2.00 bits per heavy atom. The number of likely N-dealkylation sites (N-methyl/N-ethyl adjacent to an activating group) is 1. The molecule has 1 saturated heterocycles. The van der Waals surface area contributed by atoms with Crippen LogP contribution in [0.5, 0.6) is 0 Å². The van der Waals surface area contributed by atoms with E-state index in [0.29, 0.717) is 11.6 Å². The largest absolute Gasteiger partial charge is 0.355 e. The fraction of sp³-hybridized carbons (Fsp3) is 0.217. The van der Waals surface area contributed by atoms with Crippen molar-refractivity contribution >= 4 is 34.3 Å². The van der Waals surface area contributed by atoms with Gasteiger partial charge in [-0.3, -0.25) is 4.79 Å². The molecule has 5 rings (SSSR count). The number of benzene rings is 1. The third-order valence-corrected chi connectivity index (χ3v) is 5.75. The van der Waals surface area contributed by atoms with Crippen LogP contribution in [0.25, 0.3) is 11.0 Å². The summed E-state index contributed by atoms with van der Waals surface area (Å²) >= 11 is 0. The van der Waals surface area contributed by atoms with E-state index in [-0.39, 0.29) is 5.91 Å². The molecule has 0 radical (unpaired) electrons. The molecule has 1 aliphatic rings. The lowest BCUT2D eigenvalue weighted by molar-refractivity contribution is 0.102. The molecule has 1 fully saturated rings. The van der Waals surface area contributed by atoms with E-state index in [1.807, 2.05) is 61.8 Å². The van der Waals surface area contributed by atoms with E-state index in [9.17, 15) is 4.79 Å². The summed E-state index contributed by atoms with van der Waals surface area (Å²) in [5, 5.41) is 3.92. The number of rotatable bonds is 5. The van der Waals surface area contributed by atoms with Crippen LogP contribution in [-0.2, 0) is 0 Å². The maximum atomic E-state index is 12.5. The van der Waals surface area contributed by atoms with Crippen molar-refractivity contribution in [3.05, 3.63) is 72.8 Å². The minimum atomic E-state index is -0.167. The molecule has 0 saturated carbocycles. The first-order valence-electron chi connectivity index (χ1n) is 10.3. The number of fused-ring (bicyclic) bond motifs is 1. The Kier molecular flexibility index (Phi) is 4.95. The van der Waals surface area contributed by atoms with Crippen LogP contribution in [0.4, 0.5) is 17.3 Å². The zero-order valence-corrected chi connectivity index (χ0v) is 17.2. The van der Waals surface area contributed by atoms with Gasteiger partial charge in [0.25, 0.3) is 5.91 Å². The number of carbonyl (C=O) groups is 1. The SMILES string of the molecule is CN(c1ccc(C(=O)Nc2ccccc2)cn1)[C@@H]1CCN(c2ncnc3[nH]ccc23)C1. The topological polar surface area (TPSA) is 90.0 Å². The van der Waals surface area contributed by atoms with Crippen LogP contribution in [0.15, 0.2) is 67.3 Å². The van der Waals surface area contributed by atoms with E-state index in [4.69, 9.17) is 0 Å². The molecule has 1 atom stereocenters. The number of para-hydroxylation sites is 1. The van der Waals surface area contributed by atoms with E-state index < -0.39 is 0 Å². The molecular formula is C23H23N7O. The number of amides is 1. The standard InChI is InChI=1S/C23H23N7O/c1-29(18-10-12-30(14-18)22-19-9-11-24-21(19)26-15-27-22)20-8-7-16(13-25-20)23(31)28-17-5-3-2-4-6-17/h2-9,11,13,15,18H,10,12,14H2,1H3,(H,28,31)(H,24,26,27)/t18-/m1/s1. The third kappa shape index (κ3) is 3.79. The van der Waals surface area contributed by atoms with E-state index >= 15 is 0 Å². The second kappa shape index (κ2) is 8.06. The number of aromatic amines is 1. The first kappa shape index (κ1) is 19.0. The van der Waals surface area contributed by atoms with E-state index in [1.165, 1.54) is 0 Å². The normalized spacial score (nSPS) is 15.9. The number of nitrogens with zero attached hydrogens (tertiary/aromatic N) is 5. The van der Waals surface area contributed by atoms with Crippen molar-refractivity contribution in [2.24, 2.45) is 0 Å². The van der Waals surface area contributed by atoms with Crippen LogP contribution in [0.2, 0.25) is 0 Å². The molecule has 8 nitrogen and oxygen atoms in total. The van der Waals surface area contributed by atoms with Crippen LogP contribution < -0.4 is 15.1 Å². The van der Waals surface area contributed by atoms with Crippen molar-refractivity contribution in [2.45, 2.75) is 12.5 Å². The Morgan fingerprint density at radius 1 is 1.13 bits per heavy atom. The quantitative estimate of drug-likeness (QED) is 0.522. The molecule has 1 amide bonds. The first-order chi connectivity index (χ1) is 15.2. The molecule has 4 heterocycles. The van der Waals surface area contributed by atoms with E-state index in [0.717, 1.165) is 47.9 Å². The van der Waals surface area contributed by atoms with Crippen molar-refractivity contribution in [1.29, 1.82) is 0 Å². The predicted molar refractivity (Wildman–Crippen MR) is 122 cm³/mol. The number of hydrogen-bond acceptors (Lipinski definition) is 6. The van der Waals surface area contributed by atoms with Gasteiger partial charge >= 0.3 is 0 Å². The van der Waals surface area contributed by atoms with Crippen molar-refractivity contribution in [2.75, 3.05) is 35.3 Å². The highest BCUT2D eigenvalue weighted by molar-refractivity contribution is 6.04. The lowest BCUT2D eigenvalue weighted by Gasteiger charge is -2.26. The number of pyridine rings is 1. The second-order valence-electron chi connectivity index (χ2n) is 7.66. The summed E-state index contributed by atoms with van der Waals surface area (Å²) in [7, 11) is 2.05. The fourth-order valence-electron chi connectivity index (χ4n) is 4.00. The lowest BCUT2D eigenvalue weighted by Crippen LogP contribution is -2.35. The van der Waals surface area contributed by atoms with Gasteiger partial charge in [-0.25, -0.2) is 15.0 Å². The molecule has 8 heteroatoms. The summed E-state index contributed by atoms with van der Waals surface area (Å²) in [5.74, 6) is 1.64. The van der Waals surface area contributed by atoms with Gasteiger partial charge in [0.1, 0.15) is 23.6 Å². The Hall–Kier alpha value is -3.94. The van der Waals surface area contributed by atoms with Gasteiger partial charge in [0.15, 0.2) is 0 Å². The van der Waals surface area contributed by atoms with Gasteiger partial charge in [-0.2, -0.15) is 0 Å². The first-order valence-corrected chi connectivity index (χ1v) is 10.3. The Morgan fingerprint density at radius 3 is 2.81 bits per heavy atom. The van der Waals surface area contributed by atoms with Gasteiger partial charge in [0.05, 0.1) is 10.9 Å². The molecule has 4 aromatic rings. The third-order valence-electron chi connectivity index (χ3n) is 5.75. The molecule has 0 bridgehead atoms. The van der Waals surface area contributed by atoms with Crippen LogP contribution in [0.3, 0.4) is 0 Å². The Bertz CT molecular complexity index is 1190. The smallest absolute Gasteiger partial charge is 0.257 e. The van der Waals surface area contributed by atoms with Crippen LogP contribution in [0, 0.1) is 0 Å². The van der Waals surface area contributed by atoms with Crippen molar-refractivity contribution in [3.8, 4) is 0 Å². The van der Waals surface area contributed by atoms with Gasteiger partial charge in [0.2, 0.25) is 0 Å². The number of anilines is 3. The van der Waals surface area contributed by atoms with E-state index in [2.05, 4.69) is 35.1 Å². The number of nitrogens with one attached hydrogen (secondary N) is 2. The maximum absolute atomic E-state index is 12.5. The number of aromatic nitrogens is 4. The Balaban J connectivity index is 1.26. The van der Waals surface area contributed by atoms with Gasteiger partial charge in [-0.05, 0) is 36.8 Å². The summed E-state index contributed by atoms with van der Waals surface area (Å²) in [4.78, 5) is 33.4. The monoisotopic (exact) mass is 413 g/mol. The van der Waals surface area contributed by atoms with Crippen LogP contribution in [0.1, 0.15) is 16.8 Å². The summed E-state index contributed by atoms with van der Waals surface area (Å²) in [6.07, 6.45) is 6.13. The van der Waals surface area contributed by atoms with Crippen LogP contribution in [-0.4, -0.2) is 52.0 Å². The Labute approximate surface area is 180 Å². The molecule has 3 aromatic heterocycles. The maximum Gasteiger partial charge on any atom is 0.257 e. The average Bonchev–Trinajstić information content (AvgIpc) is 3.49. The van der Waals surface area contributed by atoms with Gasteiger partial charge in [0, 0.05) is 44.3 Å². The van der Waals surface area contributed by atoms with Gasteiger partial charge < -0.3 is 20.1 Å². The number of carbonyl (C=O) groups excluding carboxylic acids is 1. The fourth-order valence-corrected chi connectivity index (χ4v) is 4.00.